The van der Waals surface area contributed by atoms with Crippen molar-refractivity contribution < 1.29 is 4.42 Å². The molecule has 0 saturated heterocycles. The molecule has 0 atom stereocenters. The maximum absolute atomic E-state index is 6.11. The summed E-state index contributed by atoms with van der Waals surface area (Å²) in [5.74, 6) is 0. The Morgan fingerprint density at radius 3 is 2.17 bits per heavy atom. The van der Waals surface area contributed by atoms with E-state index in [4.69, 9.17) is 4.42 Å². The van der Waals surface area contributed by atoms with Crippen molar-refractivity contribution in [3.8, 4) is 11.1 Å². The molecule has 0 saturated carbocycles. The van der Waals surface area contributed by atoms with Crippen LogP contribution in [0.3, 0.4) is 0 Å². The third-order valence-corrected chi connectivity index (χ3v) is 4.81. The fourth-order valence-corrected chi connectivity index (χ4v) is 3.72. The summed E-state index contributed by atoms with van der Waals surface area (Å²) in [6.07, 6.45) is 0. The van der Waals surface area contributed by atoms with Crippen molar-refractivity contribution in [2.24, 2.45) is 0 Å². The Morgan fingerprint density at radius 1 is 0.583 bits per heavy atom. The van der Waals surface area contributed by atoms with Gasteiger partial charge in [0.1, 0.15) is 11.2 Å². The lowest BCUT2D eigenvalue weighted by molar-refractivity contribution is 0.669. The smallest absolute Gasteiger partial charge is 0.136 e. The van der Waals surface area contributed by atoms with Crippen LogP contribution in [0.2, 0.25) is 0 Å². The van der Waals surface area contributed by atoms with E-state index in [1.54, 1.807) is 0 Å². The molecule has 0 amide bonds. The van der Waals surface area contributed by atoms with Gasteiger partial charge in [0, 0.05) is 10.8 Å². The third-order valence-electron chi connectivity index (χ3n) is 4.81. The van der Waals surface area contributed by atoms with E-state index in [9.17, 15) is 0 Å². The van der Waals surface area contributed by atoms with E-state index in [1.807, 2.05) is 0 Å². The topological polar surface area (TPSA) is 13.1 Å². The van der Waals surface area contributed by atoms with Gasteiger partial charge in [-0.15, -0.1) is 0 Å². The molecule has 0 spiro atoms. The van der Waals surface area contributed by atoms with Crippen LogP contribution in [0.15, 0.2) is 83.3 Å². The molecule has 0 aliphatic rings. The number of aryl methyl sites for hydroxylation is 1. The fourth-order valence-electron chi connectivity index (χ4n) is 3.72. The van der Waals surface area contributed by atoms with Gasteiger partial charge >= 0.3 is 0 Å². The van der Waals surface area contributed by atoms with Crippen molar-refractivity contribution in [3.05, 3.63) is 84.4 Å². The van der Waals surface area contributed by atoms with E-state index in [0.717, 1.165) is 11.2 Å². The van der Waals surface area contributed by atoms with Gasteiger partial charge in [-0.3, -0.25) is 0 Å². The van der Waals surface area contributed by atoms with Gasteiger partial charge < -0.3 is 4.42 Å². The molecule has 0 fully saturated rings. The van der Waals surface area contributed by atoms with Crippen LogP contribution in [0, 0.1) is 6.92 Å². The molecule has 4 aromatic carbocycles. The van der Waals surface area contributed by atoms with Gasteiger partial charge in [0.2, 0.25) is 0 Å². The van der Waals surface area contributed by atoms with Crippen molar-refractivity contribution in [2.45, 2.75) is 6.92 Å². The van der Waals surface area contributed by atoms with Crippen LogP contribution in [0.5, 0.6) is 0 Å². The summed E-state index contributed by atoms with van der Waals surface area (Å²) in [5, 5.41) is 4.96. The van der Waals surface area contributed by atoms with Gasteiger partial charge in [0.05, 0.1) is 0 Å². The summed E-state index contributed by atoms with van der Waals surface area (Å²) in [6.45, 7) is 2.15. The van der Waals surface area contributed by atoms with Crippen molar-refractivity contribution in [1.82, 2.24) is 0 Å². The van der Waals surface area contributed by atoms with Crippen LogP contribution in [0.4, 0.5) is 0 Å². The lowest BCUT2D eigenvalue weighted by Crippen LogP contribution is -1.83. The van der Waals surface area contributed by atoms with E-state index in [0.29, 0.717) is 0 Å². The minimum atomic E-state index is 0.949. The Balaban J connectivity index is 1.98. The van der Waals surface area contributed by atoms with Crippen LogP contribution >= 0.6 is 0 Å². The first-order valence-electron chi connectivity index (χ1n) is 8.22. The molecule has 1 nitrogen and oxygen atoms in total. The van der Waals surface area contributed by atoms with Crippen molar-refractivity contribution in [1.29, 1.82) is 0 Å². The first kappa shape index (κ1) is 13.4. The van der Waals surface area contributed by atoms with E-state index in [-0.39, 0.29) is 0 Å². The number of hydrogen-bond donors (Lipinski definition) is 0. The second-order valence-corrected chi connectivity index (χ2v) is 6.26. The molecule has 1 aromatic heterocycles. The third kappa shape index (κ3) is 1.82. The van der Waals surface area contributed by atoms with Gasteiger partial charge in [0.15, 0.2) is 0 Å². The second-order valence-electron chi connectivity index (χ2n) is 6.26. The lowest BCUT2D eigenvalue weighted by Gasteiger charge is -2.09. The molecule has 0 bridgehead atoms. The minimum Gasteiger partial charge on any atom is -0.456 e. The highest BCUT2D eigenvalue weighted by atomic mass is 16.3. The largest absolute Gasteiger partial charge is 0.456 e. The minimum absolute atomic E-state index is 0.949. The Morgan fingerprint density at radius 2 is 1.25 bits per heavy atom. The number of fused-ring (bicyclic) bond motifs is 4. The van der Waals surface area contributed by atoms with E-state index < -0.39 is 0 Å². The SMILES string of the molecule is Cc1cccc2oc3cccc(-c4cccc5ccccc45)c3c12. The maximum atomic E-state index is 6.11. The average Bonchev–Trinajstić information content (AvgIpc) is 3.01. The summed E-state index contributed by atoms with van der Waals surface area (Å²) < 4.78 is 6.11. The molecule has 0 aliphatic carbocycles. The van der Waals surface area contributed by atoms with Crippen LogP contribution in [0.1, 0.15) is 5.56 Å². The molecular weight excluding hydrogens is 292 g/mol. The molecule has 24 heavy (non-hydrogen) atoms. The Kier molecular flexibility index (Phi) is 2.77. The van der Waals surface area contributed by atoms with Crippen molar-refractivity contribution in [3.63, 3.8) is 0 Å². The molecular formula is C23H16O. The maximum Gasteiger partial charge on any atom is 0.136 e. The molecule has 0 unspecified atom stereocenters. The number of furan rings is 1. The second kappa shape index (κ2) is 4.97. The van der Waals surface area contributed by atoms with E-state index >= 15 is 0 Å². The molecule has 1 heteroatoms. The Hall–Kier alpha value is -3.06. The standard InChI is InChI=1S/C23H16O/c1-15-7-4-13-20-22(15)23-19(12-6-14-21(23)24-20)18-11-5-9-16-8-2-3-10-17(16)18/h2-14H,1H3. The predicted molar refractivity (Wildman–Crippen MR) is 101 cm³/mol. The molecule has 114 valence electrons. The fraction of sp³-hybridized carbons (Fsp3) is 0.0435. The zero-order valence-corrected chi connectivity index (χ0v) is 13.4. The first-order valence-corrected chi connectivity index (χ1v) is 8.22. The van der Waals surface area contributed by atoms with Crippen LogP contribution < -0.4 is 0 Å². The first-order chi connectivity index (χ1) is 11.8. The van der Waals surface area contributed by atoms with Crippen molar-refractivity contribution in [2.75, 3.05) is 0 Å². The molecule has 0 radical (unpaired) electrons. The monoisotopic (exact) mass is 308 g/mol. The van der Waals surface area contributed by atoms with E-state index in [2.05, 4.69) is 85.8 Å². The quantitative estimate of drug-likeness (QED) is 0.335. The predicted octanol–water partition coefficient (Wildman–Crippen LogP) is 6.71. The summed E-state index contributed by atoms with van der Waals surface area (Å²) >= 11 is 0. The normalized spacial score (nSPS) is 11.5. The summed E-state index contributed by atoms with van der Waals surface area (Å²) in [5.41, 5.74) is 5.64. The number of benzene rings is 4. The Bertz CT molecular complexity index is 1210. The van der Waals surface area contributed by atoms with Gasteiger partial charge in [0.25, 0.3) is 0 Å². The molecule has 5 aromatic rings. The highest BCUT2D eigenvalue weighted by Gasteiger charge is 2.15. The summed E-state index contributed by atoms with van der Waals surface area (Å²) in [4.78, 5) is 0. The van der Waals surface area contributed by atoms with Crippen molar-refractivity contribution >= 4 is 32.7 Å². The molecule has 5 rings (SSSR count). The van der Waals surface area contributed by atoms with Gasteiger partial charge in [-0.25, -0.2) is 0 Å². The van der Waals surface area contributed by atoms with Crippen LogP contribution in [-0.2, 0) is 0 Å². The van der Waals surface area contributed by atoms with E-state index in [1.165, 1.54) is 38.2 Å². The number of rotatable bonds is 1. The number of hydrogen-bond acceptors (Lipinski definition) is 1. The Labute approximate surface area is 140 Å². The van der Waals surface area contributed by atoms with Crippen LogP contribution in [-0.4, -0.2) is 0 Å². The highest BCUT2D eigenvalue weighted by Crippen LogP contribution is 2.40. The van der Waals surface area contributed by atoms with Crippen LogP contribution in [0.25, 0.3) is 43.8 Å². The summed E-state index contributed by atoms with van der Waals surface area (Å²) in [7, 11) is 0. The highest BCUT2D eigenvalue weighted by molar-refractivity contribution is 6.16. The van der Waals surface area contributed by atoms with Gasteiger partial charge in [-0.05, 0) is 46.5 Å². The van der Waals surface area contributed by atoms with Gasteiger partial charge in [-0.1, -0.05) is 66.7 Å². The molecule has 1 heterocycles. The zero-order valence-electron chi connectivity index (χ0n) is 13.4. The lowest BCUT2D eigenvalue weighted by atomic mass is 9.94. The molecule has 0 N–H and O–H groups in total. The summed E-state index contributed by atoms with van der Waals surface area (Å²) in [6, 6.07) is 27.6. The zero-order chi connectivity index (χ0) is 16.1. The molecule has 0 aliphatic heterocycles. The average molecular weight is 308 g/mol. The van der Waals surface area contributed by atoms with Gasteiger partial charge in [-0.2, -0.15) is 0 Å².